The predicted molar refractivity (Wildman–Crippen MR) is 90.0 cm³/mol. The van der Waals surface area contributed by atoms with Crippen LogP contribution in [0.1, 0.15) is 52.9 Å². The van der Waals surface area contributed by atoms with Crippen LogP contribution in [0.15, 0.2) is 0 Å². The molecule has 24 heavy (non-hydrogen) atoms. The largest absolute Gasteiger partial charge is 0.444 e. The number of nitrogens with zero attached hydrogens (tertiary/aromatic N) is 1. The molecule has 0 aromatic rings. The van der Waals surface area contributed by atoms with Crippen molar-refractivity contribution in [1.82, 2.24) is 10.2 Å². The van der Waals surface area contributed by atoms with E-state index in [9.17, 15) is 14.4 Å². The molecule has 0 aromatic heterocycles. The number of carbonyl (C=O) groups is 3. The lowest BCUT2D eigenvalue weighted by Crippen LogP contribution is -2.53. The highest BCUT2D eigenvalue weighted by Crippen LogP contribution is 2.19. The van der Waals surface area contributed by atoms with Crippen LogP contribution in [0.3, 0.4) is 0 Å². The van der Waals surface area contributed by atoms with E-state index in [-0.39, 0.29) is 5.91 Å². The van der Waals surface area contributed by atoms with E-state index in [1.54, 1.807) is 20.8 Å². The number of ether oxygens (including phenoxy) is 1. The molecular weight excluding hydrogens is 312 g/mol. The van der Waals surface area contributed by atoms with Gasteiger partial charge in [-0.2, -0.15) is 0 Å². The molecule has 8 nitrogen and oxygen atoms in total. The second-order valence-electron chi connectivity index (χ2n) is 7.08. The maximum Gasteiger partial charge on any atom is 0.408 e. The van der Waals surface area contributed by atoms with Gasteiger partial charge in [-0.3, -0.25) is 9.59 Å². The molecule has 1 aliphatic heterocycles. The van der Waals surface area contributed by atoms with Crippen LogP contribution >= 0.6 is 0 Å². The van der Waals surface area contributed by atoms with E-state index in [0.29, 0.717) is 32.4 Å². The zero-order chi connectivity index (χ0) is 18.3. The first-order valence-electron chi connectivity index (χ1n) is 8.45. The van der Waals surface area contributed by atoms with Crippen LogP contribution in [0.4, 0.5) is 4.79 Å². The van der Waals surface area contributed by atoms with Gasteiger partial charge in [0.2, 0.25) is 11.8 Å². The summed E-state index contributed by atoms with van der Waals surface area (Å²) in [7, 11) is 0. The van der Waals surface area contributed by atoms with Gasteiger partial charge < -0.3 is 26.4 Å². The summed E-state index contributed by atoms with van der Waals surface area (Å²) in [6, 6.07) is -1.35. The number of hydrogen-bond donors (Lipinski definition) is 3. The minimum absolute atomic E-state index is 0.292. The molecule has 1 fully saturated rings. The summed E-state index contributed by atoms with van der Waals surface area (Å²) in [5, 5.41) is 2.62. The zero-order valence-electron chi connectivity index (χ0n) is 14.8. The first-order valence-corrected chi connectivity index (χ1v) is 8.45. The first-order chi connectivity index (χ1) is 11.2. The van der Waals surface area contributed by atoms with Crippen molar-refractivity contribution in [2.45, 2.75) is 70.6 Å². The molecule has 0 bridgehead atoms. The van der Waals surface area contributed by atoms with Gasteiger partial charge in [0.25, 0.3) is 0 Å². The van der Waals surface area contributed by atoms with E-state index < -0.39 is 29.7 Å². The van der Waals surface area contributed by atoms with E-state index in [4.69, 9.17) is 16.2 Å². The molecule has 138 valence electrons. The Kier molecular flexibility index (Phi) is 7.47. The number of carbonyl (C=O) groups excluding carboxylic acids is 3. The van der Waals surface area contributed by atoms with Gasteiger partial charge in [0.05, 0.1) is 0 Å². The van der Waals surface area contributed by atoms with Crippen LogP contribution in [0, 0.1) is 0 Å². The van der Waals surface area contributed by atoms with Crippen LogP contribution in [-0.2, 0) is 14.3 Å². The van der Waals surface area contributed by atoms with Crippen molar-refractivity contribution in [3.63, 3.8) is 0 Å². The number of nitrogens with two attached hydrogens (primary N) is 2. The third-order valence-electron chi connectivity index (χ3n) is 3.80. The smallest absolute Gasteiger partial charge is 0.408 e. The summed E-state index contributed by atoms with van der Waals surface area (Å²) in [6.45, 7) is 6.24. The van der Waals surface area contributed by atoms with Gasteiger partial charge in [0.15, 0.2) is 0 Å². The van der Waals surface area contributed by atoms with Crippen LogP contribution < -0.4 is 16.8 Å². The number of hydrogen-bond acceptors (Lipinski definition) is 5. The Morgan fingerprint density at radius 1 is 1.29 bits per heavy atom. The van der Waals surface area contributed by atoms with Crippen molar-refractivity contribution in [2.75, 3.05) is 13.1 Å². The molecule has 3 amide bonds. The molecule has 1 aliphatic rings. The fraction of sp³-hybridized carbons (Fsp3) is 0.812. The molecule has 5 N–H and O–H groups in total. The number of nitrogens with one attached hydrogen (secondary N) is 1. The van der Waals surface area contributed by atoms with Gasteiger partial charge in [0.1, 0.15) is 17.7 Å². The van der Waals surface area contributed by atoms with Crippen molar-refractivity contribution in [3.05, 3.63) is 0 Å². The maximum absolute atomic E-state index is 12.8. The fourth-order valence-corrected chi connectivity index (χ4v) is 2.73. The fourth-order valence-electron chi connectivity index (χ4n) is 2.73. The molecule has 0 aromatic carbocycles. The number of alkyl carbamates (subject to hydrolysis) is 1. The maximum atomic E-state index is 12.8. The van der Waals surface area contributed by atoms with E-state index in [1.165, 1.54) is 4.90 Å². The number of unbranched alkanes of at least 4 members (excludes halogenated alkanes) is 1. The highest BCUT2D eigenvalue weighted by Gasteiger charge is 2.36. The van der Waals surface area contributed by atoms with Gasteiger partial charge in [0, 0.05) is 6.54 Å². The van der Waals surface area contributed by atoms with E-state index >= 15 is 0 Å². The highest BCUT2D eigenvalue weighted by atomic mass is 16.6. The predicted octanol–water partition coefficient (Wildman–Crippen LogP) is 0.485. The second-order valence-corrected chi connectivity index (χ2v) is 7.08. The summed E-state index contributed by atoms with van der Waals surface area (Å²) < 4.78 is 5.22. The standard InChI is InChI=1S/C16H30N4O4/c1-16(2,3)24-15(23)19-11(7-4-5-9-17)14(22)20-10-6-8-12(20)13(18)21/h11-12H,4-10,17H2,1-3H3,(H2,18,21)(H,19,23)/t11-,12-/m0/s1. The van der Waals surface area contributed by atoms with Crippen LogP contribution in [-0.4, -0.2) is 53.6 Å². The molecule has 2 atom stereocenters. The van der Waals surface area contributed by atoms with Crippen LogP contribution in [0.25, 0.3) is 0 Å². The molecule has 0 spiro atoms. The minimum Gasteiger partial charge on any atom is -0.444 e. The SMILES string of the molecule is CC(C)(C)OC(=O)N[C@@H](CCCCN)C(=O)N1CCC[C@H]1C(N)=O. The summed E-state index contributed by atoms with van der Waals surface area (Å²) in [5.74, 6) is -0.807. The first kappa shape index (κ1) is 20.2. The Morgan fingerprint density at radius 3 is 2.50 bits per heavy atom. The van der Waals surface area contributed by atoms with Gasteiger partial charge in [-0.25, -0.2) is 4.79 Å². The van der Waals surface area contributed by atoms with Crippen LogP contribution in [0.5, 0.6) is 0 Å². The van der Waals surface area contributed by atoms with E-state index in [1.807, 2.05) is 0 Å². The number of likely N-dealkylation sites (tertiary alicyclic amines) is 1. The lowest BCUT2D eigenvalue weighted by atomic mass is 10.1. The molecule has 1 rings (SSSR count). The Morgan fingerprint density at radius 2 is 1.96 bits per heavy atom. The third kappa shape index (κ3) is 6.35. The average Bonchev–Trinajstić information content (AvgIpc) is 2.93. The van der Waals surface area contributed by atoms with E-state index in [0.717, 1.165) is 12.8 Å². The molecule has 1 saturated heterocycles. The Balaban J connectivity index is 2.78. The number of amides is 3. The van der Waals surface area contributed by atoms with Gasteiger partial charge in [-0.05, 0) is 59.4 Å². The summed E-state index contributed by atoms with van der Waals surface area (Å²) in [5.41, 5.74) is 10.2. The monoisotopic (exact) mass is 342 g/mol. The second kappa shape index (κ2) is 8.86. The van der Waals surface area contributed by atoms with Crippen LogP contribution in [0.2, 0.25) is 0 Å². The minimum atomic E-state index is -0.744. The van der Waals surface area contributed by atoms with Crippen molar-refractivity contribution in [3.8, 4) is 0 Å². The molecule has 1 heterocycles. The summed E-state index contributed by atoms with van der Waals surface area (Å²) in [4.78, 5) is 37.8. The Hall–Kier alpha value is -1.83. The molecule has 0 radical (unpaired) electrons. The van der Waals surface area contributed by atoms with Gasteiger partial charge >= 0.3 is 6.09 Å². The Bertz CT molecular complexity index is 461. The zero-order valence-corrected chi connectivity index (χ0v) is 14.8. The quantitative estimate of drug-likeness (QED) is 0.580. The highest BCUT2D eigenvalue weighted by molar-refractivity contribution is 5.91. The lowest BCUT2D eigenvalue weighted by molar-refractivity contribution is -0.139. The average molecular weight is 342 g/mol. The number of rotatable bonds is 7. The topological polar surface area (TPSA) is 128 Å². The molecular formula is C16H30N4O4. The lowest BCUT2D eigenvalue weighted by Gasteiger charge is -2.28. The van der Waals surface area contributed by atoms with E-state index in [2.05, 4.69) is 5.32 Å². The van der Waals surface area contributed by atoms with Gasteiger partial charge in [-0.15, -0.1) is 0 Å². The summed E-state index contributed by atoms with van der Waals surface area (Å²) >= 11 is 0. The van der Waals surface area contributed by atoms with Crippen molar-refractivity contribution in [1.29, 1.82) is 0 Å². The van der Waals surface area contributed by atoms with Crippen molar-refractivity contribution >= 4 is 17.9 Å². The van der Waals surface area contributed by atoms with Crippen molar-refractivity contribution < 1.29 is 19.1 Å². The molecule has 0 saturated carbocycles. The third-order valence-corrected chi connectivity index (χ3v) is 3.80. The van der Waals surface area contributed by atoms with Crippen molar-refractivity contribution in [2.24, 2.45) is 11.5 Å². The normalized spacial score (nSPS) is 19.0. The Labute approximate surface area is 143 Å². The molecule has 0 unspecified atom stereocenters. The summed E-state index contributed by atoms with van der Waals surface area (Å²) in [6.07, 6.45) is 2.52. The number of primary amides is 1. The van der Waals surface area contributed by atoms with Gasteiger partial charge in [-0.1, -0.05) is 0 Å². The molecule has 8 heteroatoms. The molecule has 0 aliphatic carbocycles.